The van der Waals surface area contributed by atoms with Crippen molar-refractivity contribution in [1.29, 1.82) is 0 Å². The molecule has 1 aliphatic heterocycles. The van der Waals surface area contributed by atoms with Crippen LogP contribution in [0.15, 0.2) is 59.7 Å². The Morgan fingerprint density at radius 1 is 0.761 bits per heavy atom. The molecule has 4 nitrogen and oxygen atoms in total. The molecule has 3 aliphatic rings. The molecule has 0 radical (unpaired) electrons. The Hall–Kier alpha value is -3.14. The first-order valence-corrected chi connectivity index (χ1v) is 18.0. The van der Waals surface area contributed by atoms with Crippen LogP contribution in [0.25, 0.3) is 0 Å². The highest BCUT2D eigenvalue weighted by Gasteiger charge is 2.45. The van der Waals surface area contributed by atoms with Crippen LogP contribution < -0.4 is 4.74 Å². The summed E-state index contributed by atoms with van der Waals surface area (Å²) in [6.07, 6.45) is 17.9. The van der Waals surface area contributed by atoms with Crippen LogP contribution in [0.4, 0.5) is 0 Å². The normalized spacial score (nSPS) is 23.1. The molecule has 0 saturated carbocycles. The number of hydrogen-bond donors (Lipinski definition) is 3. The van der Waals surface area contributed by atoms with Gasteiger partial charge in [0.15, 0.2) is 0 Å². The van der Waals surface area contributed by atoms with Crippen LogP contribution in [0.5, 0.6) is 23.0 Å². The van der Waals surface area contributed by atoms with Gasteiger partial charge in [0.05, 0.1) is 0 Å². The quantitative estimate of drug-likeness (QED) is 0.181. The molecule has 5 rings (SSSR count). The van der Waals surface area contributed by atoms with E-state index in [1.54, 1.807) is 0 Å². The van der Waals surface area contributed by atoms with Gasteiger partial charge in [-0.15, -0.1) is 0 Å². The smallest absolute Gasteiger partial charge is 0.127 e. The third-order valence-corrected chi connectivity index (χ3v) is 10.6. The summed E-state index contributed by atoms with van der Waals surface area (Å²) in [4.78, 5) is 0. The number of unbranched alkanes of at least 4 members (excludes halogenated alkanes) is 4. The molecular formula is C42H60O4. The highest BCUT2D eigenvalue weighted by molar-refractivity contribution is 5.54. The van der Waals surface area contributed by atoms with Crippen molar-refractivity contribution < 1.29 is 20.1 Å². The van der Waals surface area contributed by atoms with E-state index >= 15 is 0 Å². The first kappa shape index (κ1) is 35.7. The van der Waals surface area contributed by atoms with Gasteiger partial charge in [0.1, 0.15) is 28.6 Å². The maximum atomic E-state index is 10.7. The topological polar surface area (TPSA) is 69.9 Å². The SMILES string of the molecule is C=C(C)C1CCC(C)=CC1c1c(O)cc(CCCCC)cc1O.CCCCCc1cc(O)c2c(c1)OC(C)(C)C1CCC(C)=CC21. The number of allylic oxidation sites excluding steroid dienone is 5. The van der Waals surface area contributed by atoms with Gasteiger partial charge in [0.2, 0.25) is 0 Å². The molecule has 4 unspecified atom stereocenters. The van der Waals surface area contributed by atoms with Crippen LogP contribution in [-0.2, 0) is 12.8 Å². The van der Waals surface area contributed by atoms with Gasteiger partial charge >= 0.3 is 0 Å². The highest BCUT2D eigenvalue weighted by atomic mass is 16.5. The second kappa shape index (κ2) is 15.6. The fourth-order valence-corrected chi connectivity index (χ4v) is 7.95. The molecule has 1 heterocycles. The number of rotatable bonds is 10. The van der Waals surface area contributed by atoms with Crippen molar-refractivity contribution in [2.24, 2.45) is 11.8 Å². The summed E-state index contributed by atoms with van der Waals surface area (Å²) in [6, 6.07) is 7.79. The van der Waals surface area contributed by atoms with Crippen molar-refractivity contribution in [3.63, 3.8) is 0 Å². The van der Waals surface area contributed by atoms with Crippen molar-refractivity contribution in [3.8, 4) is 23.0 Å². The fraction of sp³-hybridized carbons (Fsp3) is 0.571. The second-order valence-corrected chi connectivity index (χ2v) is 14.9. The van der Waals surface area contributed by atoms with Crippen molar-refractivity contribution in [3.05, 3.63) is 82.0 Å². The lowest BCUT2D eigenvalue weighted by molar-refractivity contribution is 0.0107. The van der Waals surface area contributed by atoms with Crippen molar-refractivity contribution in [2.45, 2.75) is 143 Å². The Morgan fingerprint density at radius 3 is 1.80 bits per heavy atom. The van der Waals surface area contributed by atoms with Crippen molar-refractivity contribution >= 4 is 0 Å². The third-order valence-electron chi connectivity index (χ3n) is 10.6. The molecule has 252 valence electrons. The first-order chi connectivity index (χ1) is 21.9. The Labute approximate surface area is 279 Å². The Balaban J connectivity index is 0.000000209. The van der Waals surface area contributed by atoms with E-state index in [1.165, 1.54) is 48.8 Å². The van der Waals surface area contributed by atoms with Crippen LogP contribution in [-0.4, -0.2) is 20.9 Å². The molecule has 0 saturated heterocycles. The predicted octanol–water partition coefficient (Wildman–Crippen LogP) is 11.6. The minimum atomic E-state index is -0.177. The van der Waals surface area contributed by atoms with E-state index in [0.717, 1.165) is 67.4 Å². The van der Waals surface area contributed by atoms with E-state index < -0.39 is 0 Å². The third kappa shape index (κ3) is 8.41. The average Bonchev–Trinajstić information content (AvgIpc) is 2.96. The molecule has 2 aromatic rings. The van der Waals surface area contributed by atoms with E-state index in [9.17, 15) is 15.3 Å². The molecule has 3 N–H and O–H groups in total. The highest BCUT2D eigenvalue weighted by Crippen LogP contribution is 2.53. The second-order valence-electron chi connectivity index (χ2n) is 14.9. The average molecular weight is 629 g/mol. The number of phenols is 3. The Kier molecular flexibility index (Phi) is 12.1. The first-order valence-electron chi connectivity index (χ1n) is 18.0. The number of fused-ring (bicyclic) bond motifs is 3. The van der Waals surface area contributed by atoms with Crippen LogP contribution in [0.1, 0.15) is 147 Å². The zero-order chi connectivity index (χ0) is 33.6. The van der Waals surface area contributed by atoms with Crippen LogP contribution in [0.3, 0.4) is 0 Å². The lowest BCUT2D eigenvalue weighted by Gasteiger charge is -2.46. The van der Waals surface area contributed by atoms with Gasteiger partial charge in [-0.2, -0.15) is 0 Å². The number of hydrogen-bond acceptors (Lipinski definition) is 4. The molecule has 0 amide bonds. The molecule has 4 heteroatoms. The largest absolute Gasteiger partial charge is 0.507 e. The lowest BCUT2D eigenvalue weighted by Crippen LogP contribution is -2.45. The van der Waals surface area contributed by atoms with Gasteiger partial charge in [-0.05, 0) is 127 Å². The summed E-state index contributed by atoms with van der Waals surface area (Å²) in [7, 11) is 0. The number of benzene rings is 2. The minimum Gasteiger partial charge on any atom is -0.507 e. The van der Waals surface area contributed by atoms with E-state index in [-0.39, 0.29) is 34.9 Å². The summed E-state index contributed by atoms with van der Waals surface area (Å²) < 4.78 is 6.36. The number of phenolic OH excluding ortho intramolecular Hbond substituents is 3. The van der Waals surface area contributed by atoms with Gasteiger partial charge in [0, 0.05) is 28.9 Å². The van der Waals surface area contributed by atoms with Gasteiger partial charge in [-0.1, -0.05) is 75.0 Å². The fourth-order valence-electron chi connectivity index (χ4n) is 7.95. The Morgan fingerprint density at radius 2 is 1.26 bits per heavy atom. The zero-order valence-electron chi connectivity index (χ0n) is 29.7. The van der Waals surface area contributed by atoms with Crippen LogP contribution in [0, 0.1) is 11.8 Å². The maximum Gasteiger partial charge on any atom is 0.127 e. The summed E-state index contributed by atoms with van der Waals surface area (Å²) in [5.74, 6) is 2.78. The van der Waals surface area contributed by atoms with E-state index in [0.29, 0.717) is 17.2 Å². The van der Waals surface area contributed by atoms with Crippen LogP contribution in [0.2, 0.25) is 0 Å². The predicted molar refractivity (Wildman–Crippen MR) is 192 cm³/mol. The zero-order valence-corrected chi connectivity index (χ0v) is 29.7. The maximum absolute atomic E-state index is 10.7. The van der Waals surface area contributed by atoms with Gasteiger partial charge in [0.25, 0.3) is 0 Å². The summed E-state index contributed by atoms with van der Waals surface area (Å²) in [5.41, 5.74) is 7.57. The Bertz CT molecular complexity index is 1400. The lowest BCUT2D eigenvalue weighted by atomic mass is 9.68. The van der Waals surface area contributed by atoms with Crippen molar-refractivity contribution in [1.82, 2.24) is 0 Å². The number of aryl methyl sites for hydroxylation is 2. The summed E-state index contributed by atoms with van der Waals surface area (Å²) in [6.45, 7) is 19.3. The summed E-state index contributed by atoms with van der Waals surface area (Å²) >= 11 is 0. The van der Waals surface area contributed by atoms with E-state index in [4.69, 9.17) is 4.74 Å². The van der Waals surface area contributed by atoms with E-state index in [1.807, 2.05) is 25.1 Å². The standard InChI is InChI=1S/2C21H30O2/c1-5-6-7-8-15-12-18(22)20-16-11-14(2)9-10-17(16)21(3,4)23-19(20)13-15;1-5-6-7-8-16-12-19(22)21(20(23)13-16)18-11-15(4)9-10-17(18)14(2)3/h11-13,16-17,22H,5-10H2,1-4H3;11-13,17-18,22-23H,2,5-10H2,1,3-4H3. The minimum absolute atomic E-state index is 0.0194. The van der Waals surface area contributed by atoms with Crippen LogP contribution >= 0.6 is 0 Å². The number of aromatic hydroxyl groups is 3. The van der Waals surface area contributed by atoms with E-state index in [2.05, 4.69) is 66.3 Å². The molecule has 46 heavy (non-hydrogen) atoms. The molecule has 2 aliphatic carbocycles. The number of ether oxygens (including phenoxy) is 1. The monoisotopic (exact) mass is 628 g/mol. The summed E-state index contributed by atoms with van der Waals surface area (Å²) in [5, 5.41) is 31.8. The molecule has 0 fully saturated rings. The van der Waals surface area contributed by atoms with Gasteiger partial charge in [-0.25, -0.2) is 0 Å². The van der Waals surface area contributed by atoms with Gasteiger partial charge < -0.3 is 20.1 Å². The molecule has 0 bridgehead atoms. The molecular weight excluding hydrogens is 568 g/mol. The molecule has 0 spiro atoms. The van der Waals surface area contributed by atoms with Gasteiger partial charge in [-0.3, -0.25) is 0 Å². The van der Waals surface area contributed by atoms with Crippen molar-refractivity contribution in [2.75, 3.05) is 0 Å². The molecule has 4 atom stereocenters. The molecule has 0 aromatic heterocycles. The molecule has 2 aromatic carbocycles.